The highest BCUT2D eigenvalue weighted by Crippen LogP contribution is 2.49. The first-order valence-electron chi connectivity index (χ1n) is 17.5. The SMILES string of the molecule is CCOP(=O)(OCC)OCCCSCC(COC(=O)CCCCSCCOCCOCCSC(C)(C)C)OC(=O)CCCCC(C)(C)C. The third-order valence-electron chi connectivity index (χ3n) is 6.27. The van der Waals surface area contributed by atoms with Gasteiger partial charge in [0.05, 0.1) is 46.2 Å². The number of unbranched alkanes of at least 4 members (excludes halogenated alkanes) is 2. The summed E-state index contributed by atoms with van der Waals surface area (Å²) in [4.78, 5) is 25.0. The van der Waals surface area contributed by atoms with Crippen molar-refractivity contribution in [2.75, 3.05) is 81.6 Å². The highest BCUT2D eigenvalue weighted by molar-refractivity contribution is 8.00. The molecular formula is C34H67O10PS3. The fourth-order valence-electron chi connectivity index (χ4n) is 3.95. The Morgan fingerprint density at radius 2 is 1.27 bits per heavy atom. The van der Waals surface area contributed by atoms with Gasteiger partial charge in [0, 0.05) is 34.8 Å². The minimum absolute atomic E-state index is 0.0329. The van der Waals surface area contributed by atoms with Crippen LogP contribution in [0.1, 0.15) is 107 Å². The molecule has 14 heteroatoms. The lowest BCUT2D eigenvalue weighted by Gasteiger charge is -2.19. The van der Waals surface area contributed by atoms with Crippen LogP contribution in [0.4, 0.5) is 0 Å². The lowest BCUT2D eigenvalue weighted by Crippen LogP contribution is -2.27. The second-order valence-corrected chi connectivity index (χ2v) is 19.3. The van der Waals surface area contributed by atoms with E-state index in [2.05, 4.69) is 41.5 Å². The number of hydrogen-bond acceptors (Lipinski definition) is 13. The van der Waals surface area contributed by atoms with Crippen molar-refractivity contribution in [2.45, 2.75) is 118 Å². The Morgan fingerprint density at radius 3 is 1.90 bits per heavy atom. The van der Waals surface area contributed by atoms with Crippen molar-refractivity contribution in [3.63, 3.8) is 0 Å². The van der Waals surface area contributed by atoms with Gasteiger partial charge in [-0.2, -0.15) is 35.3 Å². The normalized spacial score (nSPS) is 13.1. The maximum atomic E-state index is 12.6. The van der Waals surface area contributed by atoms with Crippen LogP contribution >= 0.6 is 43.1 Å². The van der Waals surface area contributed by atoms with E-state index in [9.17, 15) is 14.2 Å². The Labute approximate surface area is 305 Å². The molecule has 10 nitrogen and oxygen atoms in total. The minimum atomic E-state index is -3.53. The van der Waals surface area contributed by atoms with Gasteiger partial charge in [-0.1, -0.05) is 48.0 Å². The zero-order valence-electron chi connectivity index (χ0n) is 31.2. The molecule has 0 radical (unpaired) electrons. The van der Waals surface area contributed by atoms with Crippen LogP contribution in [0.25, 0.3) is 0 Å². The zero-order valence-corrected chi connectivity index (χ0v) is 34.5. The molecule has 0 aromatic heterocycles. The predicted molar refractivity (Wildman–Crippen MR) is 203 cm³/mol. The summed E-state index contributed by atoms with van der Waals surface area (Å²) in [6, 6.07) is 0. The molecule has 0 aliphatic rings. The topological polar surface area (TPSA) is 116 Å². The molecule has 0 N–H and O–H groups in total. The maximum Gasteiger partial charge on any atom is 0.474 e. The van der Waals surface area contributed by atoms with Gasteiger partial charge < -0.3 is 18.9 Å². The Kier molecular flexibility index (Phi) is 29.6. The molecule has 1 atom stereocenters. The Morgan fingerprint density at radius 1 is 0.667 bits per heavy atom. The van der Waals surface area contributed by atoms with Crippen molar-refractivity contribution in [3.8, 4) is 0 Å². The van der Waals surface area contributed by atoms with Gasteiger partial charge in [0.15, 0.2) is 0 Å². The van der Waals surface area contributed by atoms with Crippen LogP contribution < -0.4 is 0 Å². The van der Waals surface area contributed by atoms with Crippen molar-refractivity contribution in [1.29, 1.82) is 0 Å². The fourth-order valence-corrected chi connectivity index (χ4v) is 7.73. The molecule has 0 rings (SSSR count). The number of esters is 2. The average molecular weight is 763 g/mol. The second kappa shape index (κ2) is 29.6. The molecule has 0 bridgehead atoms. The van der Waals surface area contributed by atoms with E-state index in [1.54, 1.807) is 25.6 Å². The first-order valence-corrected chi connectivity index (χ1v) is 22.3. The molecule has 0 spiro atoms. The number of ether oxygens (including phenoxy) is 4. The van der Waals surface area contributed by atoms with Crippen molar-refractivity contribution in [3.05, 3.63) is 0 Å². The van der Waals surface area contributed by atoms with Gasteiger partial charge in [-0.3, -0.25) is 23.2 Å². The van der Waals surface area contributed by atoms with Gasteiger partial charge in [0.1, 0.15) is 12.7 Å². The van der Waals surface area contributed by atoms with Crippen molar-refractivity contribution in [2.24, 2.45) is 5.41 Å². The van der Waals surface area contributed by atoms with E-state index >= 15 is 0 Å². The molecule has 1 unspecified atom stereocenters. The van der Waals surface area contributed by atoms with E-state index in [1.807, 2.05) is 23.5 Å². The molecule has 48 heavy (non-hydrogen) atoms. The standard InChI is InChI=1S/C34H67O10PS3/c1-9-41-45(37,42-10-2)43-19-15-25-47-29-30(44-32(36)17-11-13-18-33(3,4)5)28-40-31(35)16-12-14-24-46-26-22-38-20-21-39-23-27-48-34(6,7)8/h30H,9-29H2,1-8H3. The molecule has 0 aromatic rings. The van der Waals surface area contributed by atoms with Crippen LogP contribution in [0.2, 0.25) is 0 Å². The summed E-state index contributed by atoms with van der Waals surface area (Å²) in [6.07, 6.45) is 5.18. The van der Waals surface area contributed by atoms with Gasteiger partial charge in [-0.15, -0.1) is 0 Å². The molecule has 0 aliphatic heterocycles. The lowest BCUT2D eigenvalue weighted by atomic mass is 9.89. The molecule has 0 saturated heterocycles. The van der Waals surface area contributed by atoms with Gasteiger partial charge in [0.2, 0.25) is 0 Å². The molecule has 0 fully saturated rings. The van der Waals surface area contributed by atoms with Crippen molar-refractivity contribution in [1.82, 2.24) is 0 Å². The maximum absolute atomic E-state index is 12.6. The molecule has 0 saturated carbocycles. The van der Waals surface area contributed by atoms with Crippen LogP contribution in [0.3, 0.4) is 0 Å². The highest BCUT2D eigenvalue weighted by atomic mass is 32.2. The minimum Gasteiger partial charge on any atom is -0.462 e. The monoisotopic (exact) mass is 762 g/mol. The van der Waals surface area contributed by atoms with Gasteiger partial charge in [-0.05, 0) is 62.9 Å². The average Bonchev–Trinajstić information content (AvgIpc) is 2.99. The first kappa shape index (κ1) is 48.0. The number of thioether (sulfide) groups is 3. The van der Waals surface area contributed by atoms with E-state index in [1.165, 1.54) is 0 Å². The lowest BCUT2D eigenvalue weighted by molar-refractivity contribution is -0.157. The van der Waals surface area contributed by atoms with Crippen LogP contribution in [-0.4, -0.2) is 104 Å². The molecule has 0 aliphatic carbocycles. The number of phosphoric ester groups is 1. The largest absolute Gasteiger partial charge is 0.474 e. The Hall–Kier alpha value is 0.0200. The Balaban J connectivity index is 4.28. The van der Waals surface area contributed by atoms with Gasteiger partial charge in [0.25, 0.3) is 0 Å². The second-order valence-electron chi connectivity index (χ2n) is 13.4. The molecule has 286 valence electrons. The number of carbonyl (C=O) groups is 2. The molecule has 0 aromatic carbocycles. The van der Waals surface area contributed by atoms with Crippen molar-refractivity contribution >= 4 is 55.0 Å². The van der Waals surface area contributed by atoms with E-state index in [0.717, 1.165) is 56.0 Å². The summed E-state index contributed by atoms with van der Waals surface area (Å²) in [5.74, 6) is 3.47. The van der Waals surface area contributed by atoms with Crippen LogP contribution in [0, 0.1) is 5.41 Å². The summed E-state index contributed by atoms with van der Waals surface area (Å²) < 4.78 is 50.8. The predicted octanol–water partition coefficient (Wildman–Crippen LogP) is 8.84. The summed E-state index contributed by atoms with van der Waals surface area (Å²) >= 11 is 5.28. The van der Waals surface area contributed by atoms with Crippen LogP contribution in [0.15, 0.2) is 0 Å². The molecule has 0 heterocycles. The smallest absolute Gasteiger partial charge is 0.462 e. The first-order chi connectivity index (χ1) is 22.7. The van der Waals surface area contributed by atoms with E-state index < -0.39 is 13.9 Å². The van der Waals surface area contributed by atoms with Gasteiger partial charge >= 0.3 is 19.8 Å². The summed E-state index contributed by atoms with van der Waals surface area (Å²) in [5.41, 5.74) is 0.230. The van der Waals surface area contributed by atoms with E-state index in [0.29, 0.717) is 50.6 Å². The number of phosphoric acid groups is 1. The van der Waals surface area contributed by atoms with Crippen molar-refractivity contribution < 1.29 is 46.7 Å². The quantitative estimate of drug-likeness (QED) is 0.0370. The molecular weight excluding hydrogens is 696 g/mol. The number of carbonyl (C=O) groups excluding carboxylic acids is 2. The van der Waals surface area contributed by atoms with Gasteiger partial charge in [-0.25, -0.2) is 4.57 Å². The highest BCUT2D eigenvalue weighted by Gasteiger charge is 2.25. The van der Waals surface area contributed by atoms with E-state index in [-0.39, 0.29) is 48.5 Å². The number of rotatable bonds is 32. The summed E-state index contributed by atoms with van der Waals surface area (Å²) in [7, 11) is -3.53. The Bertz CT molecular complexity index is 842. The summed E-state index contributed by atoms with van der Waals surface area (Å²) in [6.45, 7) is 20.0. The third-order valence-corrected chi connectivity index (χ3v) is 11.4. The fraction of sp³-hybridized carbons (Fsp3) is 0.941. The molecule has 0 amide bonds. The third kappa shape index (κ3) is 33.2. The number of hydrogen-bond donors (Lipinski definition) is 0. The summed E-state index contributed by atoms with van der Waals surface area (Å²) in [5, 5.41) is 0. The van der Waals surface area contributed by atoms with E-state index in [4.69, 9.17) is 32.5 Å². The zero-order chi connectivity index (χ0) is 36.2. The van der Waals surface area contributed by atoms with Crippen LogP contribution in [0.5, 0.6) is 0 Å². The van der Waals surface area contributed by atoms with Crippen LogP contribution in [-0.2, 0) is 46.7 Å².